The van der Waals surface area contributed by atoms with Gasteiger partial charge in [-0.05, 0) is 47.5 Å². The molecule has 0 saturated heterocycles. The first kappa shape index (κ1) is 22.9. The van der Waals surface area contributed by atoms with Crippen molar-refractivity contribution in [2.75, 3.05) is 0 Å². The van der Waals surface area contributed by atoms with E-state index in [4.69, 9.17) is 0 Å². The van der Waals surface area contributed by atoms with Gasteiger partial charge in [-0.1, -0.05) is 30.4 Å². The Hall–Kier alpha value is -3.36. The molecule has 0 unspecified atom stereocenters. The van der Waals surface area contributed by atoms with Gasteiger partial charge in [0.15, 0.2) is 11.6 Å². The van der Waals surface area contributed by atoms with E-state index in [0.29, 0.717) is 6.07 Å². The smallest absolute Gasteiger partial charge is 0.419 e. The van der Waals surface area contributed by atoms with Gasteiger partial charge < -0.3 is 5.11 Å². The number of phenolic OH excluding ortho intramolecular Hbond substituents is 1. The molecule has 3 nitrogen and oxygen atoms in total. The van der Waals surface area contributed by atoms with Crippen molar-refractivity contribution in [3.8, 4) is 5.75 Å². The molecule has 0 aliphatic carbocycles. The summed E-state index contributed by atoms with van der Waals surface area (Å²) in [7, 11) is 0. The van der Waals surface area contributed by atoms with E-state index in [1.165, 1.54) is 12.1 Å². The Balaban J connectivity index is 2.02. The summed E-state index contributed by atoms with van der Waals surface area (Å²) in [4.78, 5) is 23.6. The van der Waals surface area contributed by atoms with Gasteiger partial charge >= 0.3 is 12.4 Å². The van der Waals surface area contributed by atoms with Crippen molar-refractivity contribution in [3.05, 3.63) is 76.9 Å². The van der Waals surface area contributed by atoms with Crippen molar-refractivity contribution in [3.63, 3.8) is 0 Å². The fraction of sp³-hybridized carbons (Fsp3) is 0.143. The van der Waals surface area contributed by atoms with Gasteiger partial charge in [0, 0.05) is 0 Å². The number of carbonyl (C=O) groups is 2. The lowest BCUT2D eigenvalue weighted by Gasteiger charge is -2.09. The zero-order valence-corrected chi connectivity index (χ0v) is 15.1. The summed E-state index contributed by atoms with van der Waals surface area (Å²) in [6.45, 7) is 0. The lowest BCUT2D eigenvalue weighted by atomic mass is 10.1. The molecule has 0 spiro atoms. The molecule has 2 rings (SSSR count). The van der Waals surface area contributed by atoms with Crippen LogP contribution in [-0.2, 0) is 21.9 Å². The normalized spacial score (nSPS) is 12.6. The number of ketones is 2. The van der Waals surface area contributed by atoms with Crippen LogP contribution >= 0.6 is 0 Å². The minimum absolute atomic E-state index is 0.0135. The second-order valence-corrected chi connectivity index (χ2v) is 6.17. The molecular weight excluding hydrogens is 414 g/mol. The Labute approximate surface area is 167 Å². The number of rotatable bonds is 6. The van der Waals surface area contributed by atoms with Gasteiger partial charge in [0.25, 0.3) is 0 Å². The molecule has 0 aliphatic heterocycles. The van der Waals surface area contributed by atoms with Crippen molar-refractivity contribution in [2.24, 2.45) is 0 Å². The summed E-state index contributed by atoms with van der Waals surface area (Å²) in [6, 6.07) is 6.88. The minimum Gasteiger partial charge on any atom is -0.507 e. The number of benzene rings is 2. The molecule has 0 radical (unpaired) electrons. The zero-order chi connectivity index (χ0) is 22.5. The molecule has 2 aromatic rings. The van der Waals surface area contributed by atoms with Gasteiger partial charge in [-0.15, -0.1) is 0 Å². The van der Waals surface area contributed by atoms with Crippen LogP contribution in [0.25, 0.3) is 12.2 Å². The summed E-state index contributed by atoms with van der Waals surface area (Å²) in [5.74, 6) is -2.36. The van der Waals surface area contributed by atoms with Crippen molar-refractivity contribution >= 4 is 23.7 Å². The summed E-state index contributed by atoms with van der Waals surface area (Å²) in [5.41, 5.74) is -2.05. The van der Waals surface area contributed by atoms with E-state index in [-0.39, 0.29) is 11.1 Å². The Bertz CT molecular complexity index is 1000. The Kier molecular flexibility index (Phi) is 6.86. The van der Waals surface area contributed by atoms with Crippen LogP contribution < -0.4 is 0 Å². The predicted molar refractivity (Wildman–Crippen MR) is 97.3 cm³/mol. The molecule has 0 heterocycles. The van der Waals surface area contributed by atoms with Gasteiger partial charge in [-0.3, -0.25) is 9.59 Å². The highest BCUT2D eigenvalue weighted by Gasteiger charge is 2.33. The Morgan fingerprint density at radius 3 is 1.90 bits per heavy atom. The van der Waals surface area contributed by atoms with E-state index in [2.05, 4.69) is 0 Å². The van der Waals surface area contributed by atoms with E-state index in [9.17, 15) is 41.0 Å². The number of allylic oxidation sites excluding steroid dienone is 2. The molecule has 0 atom stereocenters. The van der Waals surface area contributed by atoms with Crippen LogP contribution in [0.15, 0.2) is 54.6 Å². The fourth-order valence-electron chi connectivity index (χ4n) is 2.37. The van der Waals surface area contributed by atoms with E-state index >= 15 is 0 Å². The predicted octanol–water partition coefficient (Wildman–Crippen LogP) is 5.68. The largest absolute Gasteiger partial charge is 0.507 e. The van der Waals surface area contributed by atoms with Crippen LogP contribution in [0.3, 0.4) is 0 Å². The lowest BCUT2D eigenvalue weighted by Crippen LogP contribution is -2.05. The van der Waals surface area contributed by atoms with Gasteiger partial charge in [0.1, 0.15) is 5.75 Å². The molecule has 30 heavy (non-hydrogen) atoms. The fourth-order valence-corrected chi connectivity index (χ4v) is 2.37. The number of halogens is 6. The van der Waals surface area contributed by atoms with E-state index in [0.717, 1.165) is 48.6 Å². The SMILES string of the molecule is O=C(/C=C/c1cccc(C(F)(F)F)c1)CC(=O)/C=C/c1ccc(O)c(C(F)(F)F)c1. The van der Waals surface area contributed by atoms with Crippen molar-refractivity contribution in [1.29, 1.82) is 0 Å². The average Bonchev–Trinajstić information content (AvgIpc) is 2.64. The number of alkyl halides is 6. The first-order chi connectivity index (χ1) is 13.9. The maximum Gasteiger partial charge on any atom is 0.419 e. The van der Waals surface area contributed by atoms with E-state index < -0.39 is 47.2 Å². The van der Waals surface area contributed by atoms with Gasteiger partial charge in [0.05, 0.1) is 17.5 Å². The van der Waals surface area contributed by atoms with Crippen LogP contribution in [0.4, 0.5) is 26.3 Å². The molecule has 2 aromatic carbocycles. The second-order valence-electron chi connectivity index (χ2n) is 6.17. The molecule has 1 N–H and O–H groups in total. The van der Waals surface area contributed by atoms with Gasteiger partial charge in [-0.25, -0.2) is 0 Å². The van der Waals surface area contributed by atoms with Gasteiger partial charge in [-0.2, -0.15) is 26.3 Å². The summed E-state index contributed by atoms with van der Waals surface area (Å²) in [6.07, 6.45) is -5.88. The molecule has 0 amide bonds. The molecule has 0 bridgehead atoms. The average molecular weight is 428 g/mol. The van der Waals surface area contributed by atoms with E-state index in [1.807, 2.05) is 0 Å². The maximum atomic E-state index is 12.7. The van der Waals surface area contributed by atoms with Crippen molar-refractivity contribution < 1.29 is 41.0 Å². The van der Waals surface area contributed by atoms with Crippen LogP contribution in [0, 0.1) is 0 Å². The third-order valence-corrected chi connectivity index (χ3v) is 3.81. The highest BCUT2D eigenvalue weighted by molar-refractivity contribution is 6.10. The van der Waals surface area contributed by atoms with Crippen molar-refractivity contribution in [1.82, 2.24) is 0 Å². The monoisotopic (exact) mass is 428 g/mol. The van der Waals surface area contributed by atoms with Crippen LogP contribution in [0.5, 0.6) is 5.75 Å². The Morgan fingerprint density at radius 2 is 1.37 bits per heavy atom. The molecule has 0 aliphatic rings. The highest BCUT2D eigenvalue weighted by Crippen LogP contribution is 2.36. The summed E-state index contributed by atoms with van der Waals surface area (Å²) < 4.78 is 76.2. The number of aromatic hydroxyl groups is 1. The number of hydrogen-bond donors (Lipinski definition) is 1. The number of phenols is 1. The van der Waals surface area contributed by atoms with Crippen LogP contribution in [0.1, 0.15) is 28.7 Å². The second kappa shape index (κ2) is 8.98. The third-order valence-electron chi connectivity index (χ3n) is 3.81. The molecule has 0 fully saturated rings. The molecule has 158 valence electrons. The quantitative estimate of drug-likeness (QED) is 0.366. The van der Waals surface area contributed by atoms with Crippen LogP contribution in [0.2, 0.25) is 0 Å². The molecular formula is C21H14F6O3. The minimum atomic E-state index is -4.78. The third kappa shape index (κ3) is 6.61. The summed E-state index contributed by atoms with van der Waals surface area (Å²) in [5, 5.41) is 9.26. The number of carbonyl (C=O) groups excluding carboxylic acids is 2. The van der Waals surface area contributed by atoms with Crippen LogP contribution in [-0.4, -0.2) is 16.7 Å². The highest BCUT2D eigenvalue weighted by atomic mass is 19.4. The van der Waals surface area contributed by atoms with E-state index in [1.54, 1.807) is 0 Å². The maximum absolute atomic E-state index is 12.7. The topological polar surface area (TPSA) is 54.4 Å². The molecule has 9 heteroatoms. The van der Waals surface area contributed by atoms with Gasteiger partial charge in [0.2, 0.25) is 0 Å². The standard InChI is InChI=1S/C21H14F6O3/c22-20(23,24)15-3-1-2-13(10-15)4-7-16(28)12-17(29)8-5-14-6-9-19(30)18(11-14)21(25,26)27/h1-11,30H,12H2/b7-4+,8-5+. The first-order valence-electron chi connectivity index (χ1n) is 8.35. The zero-order valence-electron chi connectivity index (χ0n) is 15.1. The first-order valence-corrected chi connectivity index (χ1v) is 8.35. The molecule has 0 saturated carbocycles. The summed E-state index contributed by atoms with van der Waals surface area (Å²) >= 11 is 0. The lowest BCUT2D eigenvalue weighted by molar-refractivity contribution is -0.139. The Morgan fingerprint density at radius 1 is 0.800 bits per heavy atom. The number of hydrogen-bond acceptors (Lipinski definition) is 3. The van der Waals surface area contributed by atoms with Crippen molar-refractivity contribution in [2.45, 2.75) is 18.8 Å². The molecule has 0 aromatic heterocycles.